The number of methoxy groups -OCH3 is 1. The average Bonchev–Trinajstić information content (AvgIpc) is 3.20. The van der Waals surface area contributed by atoms with E-state index in [-0.39, 0.29) is 0 Å². The van der Waals surface area contributed by atoms with Crippen LogP contribution >= 0.6 is 12.2 Å². The highest BCUT2D eigenvalue weighted by Crippen LogP contribution is 2.26. The predicted octanol–water partition coefficient (Wildman–Crippen LogP) is 4.03. The van der Waals surface area contributed by atoms with Gasteiger partial charge in [0.05, 0.1) is 26.0 Å². The molecule has 1 fully saturated rings. The molecule has 0 atom stereocenters. The zero-order valence-corrected chi connectivity index (χ0v) is 18.5. The third kappa shape index (κ3) is 5.22. The van der Waals surface area contributed by atoms with Gasteiger partial charge in [0.1, 0.15) is 11.6 Å². The standard InChI is InChI=1S/C23H27N5O2S/c1-17(15-27-10-12-30-13-11-27)28-16-21(26-23(28)31)20-4-3-9-24-22(20)25-14-18-5-7-19(29-2)8-6-18/h3-9,16H,1,10-15H2,2H3,(H,24,25)(H,26,31). The van der Waals surface area contributed by atoms with E-state index in [1.165, 1.54) is 0 Å². The van der Waals surface area contributed by atoms with Crippen molar-refractivity contribution in [2.24, 2.45) is 0 Å². The van der Waals surface area contributed by atoms with Crippen molar-refractivity contribution < 1.29 is 9.47 Å². The zero-order chi connectivity index (χ0) is 21.6. The Morgan fingerprint density at radius 1 is 1.26 bits per heavy atom. The molecule has 1 aromatic carbocycles. The smallest absolute Gasteiger partial charge is 0.182 e. The van der Waals surface area contributed by atoms with Crippen molar-refractivity contribution in [3.8, 4) is 17.0 Å². The summed E-state index contributed by atoms with van der Waals surface area (Å²) in [5.74, 6) is 1.63. The molecule has 0 unspecified atom stereocenters. The largest absolute Gasteiger partial charge is 0.497 e. The summed E-state index contributed by atoms with van der Waals surface area (Å²) in [5, 5.41) is 3.43. The van der Waals surface area contributed by atoms with E-state index in [9.17, 15) is 0 Å². The second kappa shape index (κ2) is 9.91. The molecule has 0 spiro atoms. The maximum atomic E-state index is 5.58. The Balaban J connectivity index is 1.50. The van der Waals surface area contributed by atoms with Crippen molar-refractivity contribution >= 4 is 23.7 Å². The number of pyridine rings is 1. The van der Waals surface area contributed by atoms with E-state index < -0.39 is 0 Å². The number of imidazole rings is 1. The fraction of sp³-hybridized carbons (Fsp3) is 0.304. The summed E-state index contributed by atoms with van der Waals surface area (Å²) in [4.78, 5) is 10.2. The first-order valence-electron chi connectivity index (χ1n) is 10.3. The fourth-order valence-corrected chi connectivity index (χ4v) is 3.85. The van der Waals surface area contributed by atoms with Crippen LogP contribution in [0, 0.1) is 4.77 Å². The van der Waals surface area contributed by atoms with E-state index in [1.807, 2.05) is 47.2 Å². The molecule has 3 aromatic rings. The van der Waals surface area contributed by atoms with Gasteiger partial charge in [-0.2, -0.15) is 0 Å². The molecular weight excluding hydrogens is 410 g/mol. The third-order valence-electron chi connectivity index (χ3n) is 5.29. The first-order valence-corrected chi connectivity index (χ1v) is 10.7. The number of aromatic amines is 1. The van der Waals surface area contributed by atoms with E-state index in [1.54, 1.807) is 13.3 Å². The van der Waals surface area contributed by atoms with E-state index in [0.29, 0.717) is 11.3 Å². The molecule has 31 heavy (non-hydrogen) atoms. The van der Waals surface area contributed by atoms with Crippen LogP contribution in [-0.2, 0) is 11.3 Å². The van der Waals surface area contributed by atoms with Crippen molar-refractivity contribution in [3.63, 3.8) is 0 Å². The molecule has 1 aliphatic rings. The summed E-state index contributed by atoms with van der Waals surface area (Å²) in [6.45, 7) is 8.99. The number of hydrogen-bond acceptors (Lipinski definition) is 6. The van der Waals surface area contributed by atoms with Gasteiger partial charge in [-0.05, 0) is 42.0 Å². The Bertz CT molecular complexity index is 1080. The summed E-state index contributed by atoms with van der Waals surface area (Å²) in [6.07, 6.45) is 3.78. The lowest BCUT2D eigenvalue weighted by Gasteiger charge is -2.27. The highest BCUT2D eigenvalue weighted by atomic mass is 32.1. The Hall–Kier alpha value is -2.94. The monoisotopic (exact) mass is 437 g/mol. The molecule has 2 N–H and O–H groups in total. The van der Waals surface area contributed by atoms with Gasteiger partial charge >= 0.3 is 0 Å². The lowest BCUT2D eigenvalue weighted by atomic mass is 10.2. The van der Waals surface area contributed by atoms with Crippen molar-refractivity contribution in [3.05, 3.63) is 65.7 Å². The molecule has 162 valence electrons. The SMILES string of the molecule is C=C(CN1CCOCC1)n1cc(-c2cccnc2NCc2ccc(OC)cc2)[nH]c1=S. The molecule has 8 heteroatoms. The maximum Gasteiger partial charge on any atom is 0.182 e. The van der Waals surface area contributed by atoms with Crippen LogP contribution in [0.4, 0.5) is 5.82 Å². The number of ether oxygens (including phenoxy) is 2. The van der Waals surface area contributed by atoms with Crippen LogP contribution < -0.4 is 10.1 Å². The molecular formula is C23H27N5O2S. The van der Waals surface area contributed by atoms with Crippen LogP contribution in [0.15, 0.2) is 55.4 Å². The van der Waals surface area contributed by atoms with E-state index >= 15 is 0 Å². The van der Waals surface area contributed by atoms with Crippen molar-refractivity contribution in [2.45, 2.75) is 6.54 Å². The summed E-state index contributed by atoms with van der Waals surface area (Å²) >= 11 is 5.58. The molecule has 0 bridgehead atoms. The van der Waals surface area contributed by atoms with Gasteiger partial charge in [0.15, 0.2) is 4.77 Å². The van der Waals surface area contributed by atoms with Gasteiger partial charge in [-0.15, -0.1) is 0 Å². The quantitative estimate of drug-likeness (QED) is 0.519. The molecule has 1 aliphatic heterocycles. The predicted molar refractivity (Wildman–Crippen MR) is 126 cm³/mol. The van der Waals surface area contributed by atoms with E-state index in [0.717, 1.165) is 66.9 Å². The van der Waals surface area contributed by atoms with Crippen LogP contribution in [0.2, 0.25) is 0 Å². The number of morpholine rings is 1. The van der Waals surface area contributed by atoms with E-state index in [2.05, 4.69) is 26.8 Å². The first-order chi connectivity index (χ1) is 15.1. The highest BCUT2D eigenvalue weighted by molar-refractivity contribution is 7.71. The van der Waals surface area contributed by atoms with Gasteiger partial charge < -0.3 is 19.8 Å². The number of hydrogen-bond donors (Lipinski definition) is 2. The van der Waals surface area contributed by atoms with Crippen LogP contribution in [0.1, 0.15) is 5.56 Å². The fourth-order valence-electron chi connectivity index (χ4n) is 3.55. The molecule has 1 saturated heterocycles. The Morgan fingerprint density at radius 2 is 2.03 bits per heavy atom. The van der Waals surface area contributed by atoms with Gasteiger partial charge in [-0.3, -0.25) is 9.47 Å². The third-order valence-corrected chi connectivity index (χ3v) is 5.58. The van der Waals surface area contributed by atoms with Gasteiger partial charge in [0.2, 0.25) is 0 Å². The molecule has 0 saturated carbocycles. The summed E-state index contributed by atoms with van der Waals surface area (Å²) < 4.78 is 13.2. The molecule has 3 heterocycles. The number of aromatic nitrogens is 3. The van der Waals surface area contributed by atoms with Gasteiger partial charge in [0, 0.05) is 49.8 Å². The number of benzene rings is 1. The number of anilines is 1. The second-order valence-electron chi connectivity index (χ2n) is 7.40. The minimum absolute atomic E-state index is 0.623. The van der Waals surface area contributed by atoms with Gasteiger partial charge in [-0.25, -0.2) is 4.98 Å². The van der Waals surface area contributed by atoms with Crippen LogP contribution in [0.5, 0.6) is 5.75 Å². The van der Waals surface area contributed by atoms with E-state index in [4.69, 9.17) is 21.7 Å². The molecule has 0 radical (unpaired) electrons. The Labute approximate surface area is 187 Å². The van der Waals surface area contributed by atoms with Crippen LogP contribution in [0.25, 0.3) is 17.0 Å². The van der Waals surface area contributed by atoms with Crippen LogP contribution in [0.3, 0.4) is 0 Å². The lowest BCUT2D eigenvalue weighted by Crippen LogP contribution is -2.37. The highest BCUT2D eigenvalue weighted by Gasteiger charge is 2.15. The number of nitrogens with one attached hydrogen (secondary N) is 2. The van der Waals surface area contributed by atoms with Crippen molar-refractivity contribution in [1.29, 1.82) is 0 Å². The molecule has 2 aromatic heterocycles. The normalized spacial score (nSPS) is 14.4. The summed E-state index contributed by atoms with van der Waals surface area (Å²) in [6, 6.07) is 11.9. The zero-order valence-electron chi connectivity index (χ0n) is 17.6. The number of rotatable bonds is 8. The van der Waals surface area contributed by atoms with Gasteiger partial charge in [0.25, 0.3) is 0 Å². The molecule has 7 nitrogen and oxygen atoms in total. The van der Waals surface area contributed by atoms with Crippen molar-refractivity contribution in [1.82, 2.24) is 19.4 Å². The minimum atomic E-state index is 0.623. The Kier molecular flexibility index (Phi) is 6.81. The molecule has 4 rings (SSSR count). The first kappa shape index (κ1) is 21.3. The topological polar surface area (TPSA) is 67.3 Å². The minimum Gasteiger partial charge on any atom is -0.497 e. The Morgan fingerprint density at radius 3 is 2.77 bits per heavy atom. The number of nitrogens with zero attached hydrogens (tertiary/aromatic N) is 3. The lowest BCUT2D eigenvalue weighted by molar-refractivity contribution is 0.0439. The number of H-pyrrole nitrogens is 1. The van der Waals surface area contributed by atoms with Crippen LogP contribution in [-0.4, -0.2) is 59.4 Å². The maximum absolute atomic E-state index is 5.58. The average molecular weight is 438 g/mol. The second-order valence-corrected chi connectivity index (χ2v) is 7.79. The molecule has 0 aliphatic carbocycles. The van der Waals surface area contributed by atoms with Gasteiger partial charge in [-0.1, -0.05) is 18.7 Å². The summed E-state index contributed by atoms with van der Waals surface area (Å²) in [7, 11) is 1.67. The molecule has 0 amide bonds. The summed E-state index contributed by atoms with van der Waals surface area (Å²) in [5.41, 5.74) is 3.94. The van der Waals surface area contributed by atoms with Crippen molar-refractivity contribution in [2.75, 3.05) is 45.3 Å².